The first kappa shape index (κ1) is 19.5. The number of hydrogen-bond acceptors (Lipinski definition) is 2. The van der Waals surface area contributed by atoms with Crippen molar-refractivity contribution < 1.29 is 9.53 Å². The Morgan fingerprint density at radius 1 is 1.11 bits per heavy atom. The second-order valence-corrected chi connectivity index (χ2v) is 7.89. The van der Waals surface area contributed by atoms with Gasteiger partial charge in [-0.25, -0.2) is 0 Å². The van der Waals surface area contributed by atoms with Crippen LogP contribution in [-0.4, -0.2) is 12.0 Å². The molecule has 2 aromatic carbocycles. The van der Waals surface area contributed by atoms with Crippen LogP contribution in [-0.2, 0) is 10.2 Å². The first-order valence-corrected chi connectivity index (χ1v) is 10.1. The van der Waals surface area contributed by atoms with Crippen molar-refractivity contribution in [3.63, 3.8) is 0 Å². The summed E-state index contributed by atoms with van der Waals surface area (Å²) in [6.07, 6.45) is 5.18. The van der Waals surface area contributed by atoms with Gasteiger partial charge in [-0.05, 0) is 68.9 Å². The maximum Gasteiger partial charge on any atom is 0.235 e. The van der Waals surface area contributed by atoms with Crippen molar-refractivity contribution in [1.29, 1.82) is 0 Å². The van der Waals surface area contributed by atoms with E-state index in [1.807, 2.05) is 44.2 Å². The molecule has 1 unspecified atom stereocenters. The summed E-state index contributed by atoms with van der Waals surface area (Å²) in [5, 5.41) is 3.20. The van der Waals surface area contributed by atoms with E-state index < -0.39 is 5.41 Å². The fraction of sp³-hybridized carbons (Fsp3) is 0.458. The predicted octanol–water partition coefficient (Wildman–Crippen LogP) is 5.93. The molecule has 0 aliphatic heterocycles. The molecule has 27 heavy (non-hydrogen) atoms. The molecule has 0 radical (unpaired) electrons. The lowest BCUT2D eigenvalue weighted by Crippen LogP contribution is -2.38. The normalized spacial score (nSPS) is 16.7. The molecule has 0 spiro atoms. The number of anilines is 1. The Kier molecular flexibility index (Phi) is 5.88. The number of amides is 1. The molecule has 2 aromatic rings. The van der Waals surface area contributed by atoms with Crippen LogP contribution < -0.4 is 10.1 Å². The van der Waals surface area contributed by atoms with Gasteiger partial charge >= 0.3 is 0 Å². The molecule has 1 atom stereocenters. The van der Waals surface area contributed by atoms with Crippen molar-refractivity contribution in [3.8, 4) is 5.75 Å². The SMILES string of the molecule is CCC(C)Oc1c(C)cc(NC(=O)C2(c3ccccc3)CCCC2)cc1C. The van der Waals surface area contributed by atoms with Gasteiger partial charge in [-0.2, -0.15) is 0 Å². The summed E-state index contributed by atoms with van der Waals surface area (Å²) in [6, 6.07) is 14.3. The second kappa shape index (κ2) is 8.16. The van der Waals surface area contributed by atoms with Gasteiger partial charge in [-0.15, -0.1) is 0 Å². The minimum Gasteiger partial charge on any atom is -0.490 e. The topological polar surface area (TPSA) is 38.3 Å². The third-order valence-electron chi connectivity index (χ3n) is 5.83. The molecule has 0 heterocycles. The summed E-state index contributed by atoms with van der Waals surface area (Å²) < 4.78 is 6.06. The number of hydrogen-bond donors (Lipinski definition) is 1. The summed E-state index contributed by atoms with van der Waals surface area (Å²) >= 11 is 0. The molecule has 1 aliphatic rings. The van der Waals surface area contributed by atoms with Crippen LogP contribution in [0.1, 0.15) is 62.6 Å². The minimum atomic E-state index is -0.408. The molecular weight excluding hydrogens is 334 g/mol. The molecule has 3 rings (SSSR count). The first-order chi connectivity index (χ1) is 13.0. The number of ether oxygens (including phenoxy) is 1. The van der Waals surface area contributed by atoms with Crippen LogP contribution in [0.5, 0.6) is 5.75 Å². The summed E-state index contributed by atoms with van der Waals surface area (Å²) in [5.74, 6) is 1.04. The molecule has 144 valence electrons. The van der Waals surface area contributed by atoms with Crippen molar-refractivity contribution in [1.82, 2.24) is 0 Å². The van der Waals surface area contributed by atoms with Crippen LogP contribution in [0.3, 0.4) is 0 Å². The summed E-state index contributed by atoms with van der Waals surface area (Å²) in [6.45, 7) is 8.29. The van der Waals surface area contributed by atoms with Gasteiger partial charge < -0.3 is 10.1 Å². The lowest BCUT2D eigenvalue weighted by Gasteiger charge is -2.28. The molecule has 1 fully saturated rings. The lowest BCUT2D eigenvalue weighted by atomic mass is 9.78. The van der Waals surface area contributed by atoms with Crippen molar-refractivity contribution in [3.05, 3.63) is 59.2 Å². The highest BCUT2D eigenvalue weighted by atomic mass is 16.5. The van der Waals surface area contributed by atoms with Crippen LogP contribution >= 0.6 is 0 Å². The number of nitrogens with one attached hydrogen (secondary N) is 1. The van der Waals surface area contributed by atoms with E-state index in [9.17, 15) is 4.79 Å². The Bertz CT molecular complexity index is 768. The van der Waals surface area contributed by atoms with E-state index in [1.165, 1.54) is 0 Å². The highest BCUT2D eigenvalue weighted by Gasteiger charge is 2.42. The first-order valence-electron chi connectivity index (χ1n) is 10.1. The summed E-state index contributed by atoms with van der Waals surface area (Å²) in [4.78, 5) is 13.3. The maximum atomic E-state index is 13.3. The average Bonchev–Trinajstić information content (AvgIpc) is 3.16. The van der Waals surface area contributed by atoms with E-state index in [0.717, 1.165) is 60.2 Å². The zero-order chi connectivity index (χ0) is 19.4. The van der Waals surface area contributed by atoms with Crippen molar-refractivity contribution >= 4 is 11.6 Å². The number of rotatable bonds is 6. The van der Waals surface area contributed by atoms with Gasteiger partial charge in [0.05, 0.1) is 11.5 Å². The van der Waals surface area contributed by atoms with Crippen LogP contribution in [0.15, 0.2) is 42.5 Å². The second-order valence-electron chi connectivity index (χ2n) is 7.89. The van der Waals surface area contributed by atoms with Gasteiger partial charge in [-0.3, -0.25) is 4.79 Å². The van der Waals surface area contributed by atoms with E-state index >= 15 is 0 Å². The Morgan fingerprint density at radius 2 is 1.70 bits per heavy atom. The van der Waals surface area contributed by atoms with Gasteiger partial charge in [0, 0.05) is 5.69 Å². The Morgan fingerprint density at radius 3 is 2.26 bits per heavy atom. The van der Waals surface area contributed by atoms with Crippen LogP contribution in [0.2, 0.25) is 0 Å². The fourth-order valence-electron chi connectivity index (χ4n) is 4.13. The molecule has 1 N–H and O–H groups in total. The molecule has 0 aromatic heterocycles. The molecule has 0 bridgehead atoms. The number of aryl methyl sites for hydroxylation is 2. The van der Waals surface area contributed by atoms with Crippen molar-refractivity contribution in [2.75, 3.05) is 5.32 Å². The summed E-state index contributed by atoms with van der Waals surface area (Å²) in [5.41, 5.74) is 3.70. The Hall–Kier alpha value is -2.29. The van der Waals surface area contributed by atoms with Gasteiger partial charge in [0.25, 0.3) is 0 Å². The highest BCUT2D eigenvalue weighted by molar-refractivity contribution is 5.99. The molecule has 1 saturated carbocycles. The molecule has 3 nitrogen and oxygen atoms in total. The number of carbonyl (C=O) groups excluding carboxylic acids is 1. The lowest BCUT2D eigenvalue weighted by molar-refractivity contribution is -0.121. The standard InChI is InChI=1S/C24H31NO2/c1-5-19(4)27-22-17(2)15-21(16-18(22)3)25-23(26)24(13-9-10-14-24)20-11-7-6-8-12-20/h6-8,11-12,15-16,19H,5,9-10,13-14H2,1-4H3,(H,25,26). The van der Waals surface area contributed by atoms with E-state index in [0.29, 0.717) is 0 Å². The minimum absolute atomic E-state index is 0.112. The predicted molar refractivity (Wildman–Crippen MR) is 112 cm³/mol. The highest BCUT2D eigenvalue weighted by Crippen LogP contribution is 2.42. The number of benzene rings is 2. The van der Waals surface area contributed by atoms with Gasteiger partial charge in [0.1, 0.15) is 5.75 Å². The third kappa shape index (κ3) is 4.02. The van der Waals surface area contributed by atoms with E-state index in [4.69, 9.17) is 4.74 Å². The zero-order valence-electron chi connectivity index (χ0n) is 17.0. The maximum absolute atomic E-state index is 13.3. The number of carbonyl (C=O) groups is 1. The molecular formula is C24H31NO2. The zero-order valence-corrected chi connectivity index (χ0v) is 17.0. The van der Waals surface area contributed by atoms with Crippen LogP contribution in [0.4, 0.5) is 5.69 Å². The van der Waals surface area contributed by atoms with Crippen molar-refractivity contribution in [2.45, 2.75) is 71.3 Å². The molecule has 0 saturated heterocycles. The Labute approximate surface area is 163 Å². The fourth-order valence-corrected chi connectivity index (χ4v) is 4.13. The van der Waals surface area contributed by atoms with E-state index in [2.05, 4.69) is 31.3 Å². The summed E-state index contributed by atoms with van der Waals surface area (Å²) in [7, 11) is 0. The molecule has 3 heteroatoms. The van der Waals surface area contributed by atoms with Gasteiger partial charge in [-0.1, -0.05) is 50.1 Å². The molecule has 1 amide bonds. The average molecular weight is 366 g/mol. The van der Waals surface area contributed by atoms with Crippen LogP contribution in [0, 0.1) is 13.8 Å². The quantitative estimate of drug-likeness (QED) is 0.689. The molecule has 1 aliphatic carbocycles. The van der Waals surface area contributed by atoms with Crippen LogP contribution in [0.25, 0.3) is 0 Å². The van der Waals surface area contributed by atoms with E-state index in [1.54, 1.807) is 0 Å². The van der Waals surface area contributed by atoms with Gasteiger partial charge in [0.2, 0.25) is 5.91 Å². The Balaban J connectivity index is 1.85. The van der Waals surface area contributed by atoms with Gasteiger partial charge in [0.15, 0.2) is 0 Å². The van der Waals surface area contributed by atoms with E-state index in [-0.39, 0.29) is 12.0 Å². The third-order valence-corrected chi connectivity index (χ3v) is 5.83. The van der Waals surface area contributed by atoms with Crippen molar-refractivity contribution in [2.24, 2.45) is 0 Å². The largest absolute Gasteiger partial charge is 0.490 e. The smallest absolute Gasteiger partial charge is 0.235 e. The monoisotopic (exact) mass is 365 g/mol.